The van der Waals surface area contributed by atoms with Crippen LogP contribution in [-0.2, 0) is 0 Å². The lowest BCUT2D eigenvalue weighted by molar-refractivity contribution is 0.197. The van der Waals surface area contributed by atoms with Crippen molar-refractivity contribution in [1.29, 1.82) is 5.26 Å². The minimum Gasteiger partial charge on any atom is -0.361 e. The molecule has 1 aromatic carbocycles. The Hall–Kier alpha value is -1.79. The topological polar surface area (TPSA) is 42.8 Å². The highest BCUT2D eigenvalue weighted by Crippen LogP contribution is 2.29. The molecule has 18 heavy (non-hydrogen) atoms. The highest BCUT2D eigenvalue weighted by Gasteiger charge is 2.23. The fourth-order valence-electron chi connectivity index (χ4n) is 2.84. The average Bonchev–Trinajstić information content (AvgIpc) is 2.85. The van der Waals surface area contributed by atoms with E-state index in [1.807, 2.05) is 18.3 Å². The summed E-state index contributed by atoms with van der Waals surface area (Å²) in [5, 5.41) is 10.7. The van der Waals surface area contributed by atoms with E-state index in [1.54, 1.807) is 0 Å². The molecule has 0 saturated carbocycles. The van der Waals surface area contributed by atoms with Gasteiger partial charge in [-0.15, -0.1) is 0 Å². The Balaban J connectivity index is 1.98. The van der Waals surface area contributed by atoms with Crippen LogP contribution >= 0.6 is 0 Å². The highest BCUT2D eigenvalue weighted by molar-refractivity contribution is 5.83. The normalized spacial score (nSPS) is 18.6. The van der Waals surface area contributed by atoms with Gasteiger partial charge in [-0.25, -0.2) is 0 Å². The van der Waals surface area contributed by atoms with Crippen molar-refractivity contribution in [2.75, 3.05) is 13.1 Å². The van der Waals surface area contributed by atoms with Crippen LogP contribution in [0, 0.1) is 11.3 Å². The SMILES string of the molecule is N#C[C@H](c1c[nH]c2ccccc12)N1CCCCC1. The fourth-order valence-corrected chi connectivity index (χ4v) is 2.84. The summed E-state index contributed by atoms with van der Waals surface area (Å²) in [4.78, 5) is 5.57. The third-order valence-corrected chi connectivity index (χ3v) is 3.79. The van der Waals surface area contributed by atoms with Crippen molar-refractivity contribution in [3.63, 3.8) is 0 Å². The molecule has 1 fully saturated rings. The number of benzene rings is 1. The van der Waals surface area contributed by atoms with Crippen LogP contribution < -0.4 is 0 Å². The predicted octanol–water partition coefficient (Wildman–Crippen LogP) is 3.22. The lowest BCUT2D eigenvalue weighted by Crippen LogP contribution is -2.32. The largest absolute Gasteiger partial charge is 0.361 e. The van der Waals surface area contributed by atoms with Gasteiger partial charge in [0.2, 0.25) is 0 Å². The van der Waals surface area contributed by atoms with Crippen LogP contribution in [0.1, 0.15) is 30.9 Å². The number of H-pyrrole nitrogens is 1. The summed E-state index contributed by atoms with van der Waals surface area (Å²) in [6.45, 7) is 2.08. The first-order chi connectivity index (χ1) is 8.90. The number of rotatable bonds is 2. The van der Waals surface area contributed by atoms with E-state index in [-0.39, 0.29) is 6.04 Å². The number of para-hydroxylation sites is 1. The molecule has 0 unspecified atom stereocenters. The number of hydrogen-bond donors (Lipinski definition) is 1. The van der Waals surface area contributed by atoms with Gasteiger partial charge in [-0.2, -0.15) is 5.26 Å². The summed E-state index contributed by atoms with van der Waals surface area (Å²) in [6, 6.07) is 10.6. The number of nitriles is 1. The molecule has 0 radical (unpaired) electrons. The summed E-state index contributed by atoms with van der Waals surface area (Å²) in [5.74, 6) is 0. The molecule has 3 nitrogen and oxygen atoms in total. The van der Waals surface area contributed by atoms with Crippen molar-refractivity contribution >= 4 is 10.9 Å². The molecule has 1 saturated heterocycles. The average molecular weight is 239 g/mol. The first-order valence-corrected chi connectivity index (χ1v) is 6.60. The van der Waals surface area contributed by atoms with Crippen molar-refractivity contribution in [2.45, 2.75) is 25.3 Å². The zero-order valence-corrected chi connectivity index (χ0v) is 10.4. The molecular formula is C15H17N3. The summed E-state index contributed by atoms with van der Waals surface area (Å²) in [6.07, 6.45) is 5.71. The van der Waals surface area contributed by atoms with Crippen LogP contribution in [0.15, 0.2) is 30.5 Å². The van der Waals surface area contributed by atoms with E-state index in [4.69, 9.17) is 0 Å². The molecule has 92 valence electrons. The van der Waals surface area contributed by atoms with E-state index in [0.717, 1.165) is 24.2 Å². The van der Waals surface area contributed by atoms with Gasteiger partial charge in [-0.05, 0) is 32.0 Å². The second-order valence-corrected chi connectivity index (χ2v) is 4.92. The van der Waals surface area contributed by atoms with E-state index in [2.05, 4.69) is 28.1 Å². The molecule has 1 N–H and O–H groups in total. The molecule has 1 aliphatic heterocycles. The van der Waals surface area contributed by atoms with Crippen molar-refractivity contribution in [1.82, 2.24) is 9.88 Å². The quantitative estimate of drug-likeness (QED) is 0.874. The molecule has 2 heterocycles. The van der Waals surface area contributed by atoms with E-state index < -0.39 is 0 Å². The van der Waals surface area contributed by atoms with Crippen molar-refractivity contribution < 1.29 is 0 Å². The summed E-state index contributed by atoms with van der Waals surface area (Å²) >= 11 is 0. The number of likely N-dealkylation sites (tertiary alicyclic amines) is 1. The van der Waals surface area contributed by atoms with Crippen LogP contribution in [0.25, 0.3) is 10.9 Å². The van der Waals surface area contributed by atoms with Gasteiger partial charge in [0, 0.05) is 22.7 Å². The minimum atomic E-state index is -0.110. The molecular weight excluding hydrogens is 222 g/mol. The molecule has 0 aliphatic carbocycles. The van der Waals surface area contributed by atoms with Crippen molar-refractivity contribution in [2.24, 2.45) is 0 Å². The van der Waals surface area contributed by atoms with Gasteiger partial charge in [-0.1, -0.05) is 24.6 Å². The maximum absolute atomic E-state index is 9.50. The van der Waals surface area contributed by atoms with Gasteiger partial charge in [0.25, 0.3) is 0 Å². The van der Waals surface area contributed by atoms with E-state index >= 15 is 0 Å². The maximum atomic E-state index is 9.50. The number of nitrogens with one attached hydrogen (secondary N) is 1. The Bertz CT molecular complexity index is 573. The van der Waals surface area contributed by atoms with Crippen molar-refractivity contribution in [3.8, 4) is 6.07 Å². The Morgan fingerprint density at radius 3 is 2.72 bits per heavy atom. The Labute approximate surface area is 107 Å². The smallest absolute Gasteiger partial charge is 0.125 e. The number of aromatic nitrogens is 1. The molecule has 1 aliphatic rings. The van der Waals surface area contributed by atoms with Gasteiger partial charge in [0.1, 0.15) is 6.04 Å². The first-order valence-electron chi connectivity index (χ1n) is 6.60. The van der Waals surface area contributed by atoms with Gasteiger partial charge < -0.3 is 4.98 Å². The van der Waals surface area contributed by atoms with Crippen LogP contribution in [0.3, 0.4) is 0 Å². The Kier molecular flexibility index (Phi) is 3.04. The molecule has 1 aromatic heterocycles. The summed E-state index contributed by atoms with van der Waals surface area (Å²) < 4.78 is 0. The first kappa shape index (κ1) is 11.3. The maximum Gasteiger partial charge on any atom is 0.125 e. The van der Waals surface area contributed by atoms with Gasteiger partial charge in [-0.3, -0.25) is 4.90 Å². The zero-order valence-electron chi connectivity index (χ0n) is 10.4. The zero-order chi connectivity index (χ0) is 12.4. The van der Waals surface area contributed by atoms with Gasteiger partial charge in [0.05, 0.1) is 6.07 Å². The lowest BCUT2D eigenvalue weighted by atomic mass is 10.0. The van der Waals surface area contributed by atoms with Crippen LogP contribution in [0.5, 0.6) is 0 Å². The standard InChI is InChI=1S/C15H17N3/c16-10-15(18-8-4-1-5-9-18)13-11-17-14-7-3-2-6-12(13)14/h2-3,6-7,11,15,17H,1,4-5,8-9H2/t15-/m1/s1. The van der Waals surface area contributed by atoms with E-state index in [0.29, 0.717) is 0 Å². The van der Waals surface area contributed by atoms with Gasteiger partial charge in [0.15, 0.2) is 0 Å². The molecule has 0 spiro atoms. The minimum absolute atomic E-state index is 0.110. The van der Waals surface area contributed by atoms with Gasteiger partial charge >= 0.3 is 0 Å². The number of piperidine rings is 1. The summed E-state index contributed by atoms with van der Waals surface area (Å²) in [5.41, 5.74) is 2.24. The van der Waals surface area contributed by atoms with E-state index in [1.165, 1.54) is 24.6 Å². The number of hydrogen-bond acceptors (Lipinski definition) is 2. The highest BCUT2D eigenvalue weighted by atomic mass is 15.2. The number of fused-ring (bicyclic) bond motifs is 1. The third-order valence-electron chi connectivity index (χ3n) is 3.79. The third kappa shape index (κ3) is 1.89. The molecule has 2 aromatic rings. The Morgan fingerprint density at radius 2 is 1.94 bits per heavy atom. The van der Waals surface area contributed by atoms with Crippen LogP contribution in [0.2, 0.25) is 0 Å². The predicted molar refractivity (Wildman–Crippen MR) is 72.1 cm³/mol. The lowest BCUT2D eigenvalue weighted by Gasteiger charge is -2.30. The number of nitrogens with zero attached hydrogens (tertiary/aromatic N) is 2. The van der Waals surface area contributed by atoms with Crippen LogP contribution in [0.4, 0.5) is 0 Å². The molecule has 3 heteroatoms. The monoisotopic (exact) mass is 239 g/mol. The molecule has 0 bridgehead atoms. The molecule has 1 atom stereocenters. The Morgan fingerprint density at radius 1 is 1.17 bits per heavy atom. The van der Waals surface area contributed by atoms with Crippen molar-refractivity contribution in [3.05, 3.63) is 36.0 Å². The second-order valence-electron chi connectivity index (χ2n) is 4.92. The molecule has 0 amide bonds. The van der Waals surface area contributed by atoms with Crippen LogP contribution in [-0.4, -0.2) is 23.0 Å². The summed E-state index contributed by atoms with van der Waals surface area (Å²) in [7, 11) is 0. The van der Waals surface area contributed by atoms with E-state index in [9.17, 15) is 5.26 Å². The number of aromatic amines is 1. The second kappa shape index (κ2) is 4.83. The fraction of sp³-hybridized carbons (Fsp3) is 0.400. The molecule has 3 rings (SSSR count).